The molecule has 0 spiro atoms. The normalized spacial score (nSPS) is 3.43. The molecule has 0 unspecified atom stereocenters. The van der Waals surface area contributed by atoms with Crippen molar-refractivity contribution in [2.24, 2.45) is 0 Å². The van der Waals surface area contributed by atoms with Crippen LogP contribution in [0.5, 0.6) is 0 Å². The Kier molecular flexibility index (Phi) is 338. The molecular formula is C4H18CaCl2KNaO5. The molecule has 4 N–H and O–H groups in total. The molecule has 0 aromatic rings. The van der Waals surface area contributed by atoms with Gasteiger partial charge >= 0.3 is 119 Å². The second kappa shape index (κ2) is 90.4. The zero-order chi connectivity index (χ0) is 8.12. The first-order chi connectivity index (χ1) is 4.33. The molecule has 0 fully saturated rings. The summed E-state index contributed by atoms with van der Waals surface area (Å²) in [5.41, 5.74) is 0. The molecule has 0 aromatic carbocycles. The summed E-state index contributed by atoms with van der Waals surface area (Å²) in [5.74, 6) is 0. The minimum Gasteiger partial charge on any atom is -1.00 e. The SMILES string of the molecule is CO.Cl.Cl.O=CO.OCCO.[Ca+2].[H-].[H-].[H-].[H-].[K+].[Na+]. The van der Waals surface area contributed by atoms with E-state index < -0.39 is 0 Å². The Bertz CT molecular complexity index is 64.7. The Morgan fingerprint density at radius 2 is 1.21 bits per heavy atom. The Morgan fingerprint density at radius 1 is 1.14 bits per heavy atom. The van der Waals surface area contributed by atoms with Crippen LogP contribution in [0.1, 0.15) is 5.71 Å². The number of aliphatic hydroxyl groups excluding tert-OH is 3. The van der Waals surface area contributed by atoms with E-state index in [0.717, 1.165) is 7.11 Å². The van der Waals surface area contributed by atoms with Gasteiger partial charge in [0.1, 0.15) is 0 Å². The molecule has 82 valence electrons. The van der Waals surface area contributed by atoms with Crippen LogP contribution >= 0.6 is 24.8 Å². The Labute approximate surface area is 197 Å². The van der Waals surface area contributed by atoms with Gasteiger partial charge in [0, 0.05) is 7.11 Å². The monoisotopic (exact) mass is 318 g/mol. The van der Waals surface area contributed by atoms with Gasteiger partial charge in [0.05, 0.1) is 13.2 Å². The minimum atomic E-state index is -0.250. The van der Waals surface area contributed by atoms with Crippen LogP contribution < -0.4 is 80.9 Å². The molecule has 0 aromatic heterocycles. The maximum Gasteiger partial charge on any atom is 2.00 e. The van der Waals surface area contributed by atoms with Gasteiger partial charge < -0.3 is 26.1 Å². The molecule has 0 amide bonds. The van der Waals surface area contributed by atoms with Gasteiger partial charge in [-0.15, -0.1) is 24.8 Å². The van der Waals surface area contributed by atoms with E-state index in [1.54, 1.807) is 0 Å². The Morgan fingerprint density at radius 3 is 1.21 bits per heavy atom. The number of hydrogen-bond donors (Lipinski definition) is 4. The van der Waals surface area contributed by atoms with Crippen LogP contribution in [-0.2, 0) is 4.79 Å². The average Bonchev–Trinajstić information content (AvgIpc) is 1.94. The van der Waals surface area contributed by atoms with Crippen LogP contribution in [0.15, 0.2) is 0 Å². The van der Waals surface area contributed by atoms with Gasteiger partial charge in [0.25, 0.3) is 6.47 Å². The third-order valence-electron chi connectivity index (χ3n) is 0.1000. The van der Waals surface area contributed by atoms with E-state index in [-0.39, 0.29) is 169 Å². The minimum absolute atomic E-state index is 0. The number of aliphatic hydroxyl groups is 3. The van der Waals surface area contributed by atoms with Gasteiger partial charge in [-0.3, -0.25) is 4.79 Å². The number of carbonyl (C=O) groups is 1. The van der Waals surface area contributed by atoms with E-state index in [1.807, 2.05) is 0 Å². The van der Waals surface area contributed by atoms with Crippen LogP contribution in [-0.4, -0.2) is 85.0 Å². The van der Waals surface area contributed by atoms with E-state index in [9.17, 15) is 0 Å². The molecule has 0 heterocycles. The molecule has 10 heteroatoms. The fraction of sp³-hybridized carbons (Fsp3) is 0.750. The zero-order valence-electron chi connectivity index (χ0n) is 12.7. The van der Waals surface area contributed by atoms with Gasteiger partial charge in [-0.2, -0.15) is 0 Å². The van der Waals surface area contributed by atoms with Crippen molar-refractivity contribution < 1.29 is 112 Å². The summed E-state index contributed by atoms with van der Waals surface area (Å²) in [5, 5.41) is 29.1. The first-order valence-electron chi connectivity index (χ1n) is 2.07. The van der Waals surface area contributed by atoms with Crippen molar-refractivity contribution in [1.82, 2.24) is 0 Å². The van der Waals surface area contributed by atoms with Crippen molar-refractivity contribution in [3.05, 3.63) is 0 Å². The summed E-state index contributed by atoms with van der Waals surface area (Å²) in [6.07, 6.45) is 0. The summed E-state index contributed by atoms with van der Waals surface area (Å²) in [4.78, 5) is 8.36. The van der Waals surface area contributed by atoms with Crippen molar-refractivity contribution >= 4 is 69.0 Å². The van der Waals surface area contributed by atoms with Crippen molar-refractivity contribution in [3.63, 3.8) is 0 Å². The van der Waals surface area contributed by atoms with Crippen molar-refractivity contribution in [3.8, 4) is 0 Å². The number of hydrogen-bond acceptors (Lipinski definition) is 4. The predicted molar refractivity (Wildman–Crippen MR) is 55.7 cm³/mol. The standard InChI is InChI=1S/C2H6O2.CH2O2.CH4O.Ca.2ClH.K.Na.4H/c3-1-2-4;2-1-3;1-2;;;;;;;;;/h3-4H,1-2H2;1H,(H,2,3);2H,1H3;;2*1H;;;;;;/q;;;+2;;;2*+1;4*-1. The molecule has 0 aliphatic carbocycles. The summed E-state index contributed by atoms with van der Waals surface area (Å²) in [6, 6.07) is 0. The summed E-state index contributed by atoms with van der Waals surface area (Å²) in [6.45, 7) is -0.500. The first kappa shape index (κ1) is 52.3. The maximum absolute atomic E-state index is 8.36. The summed E-state index contributed by atoms with van der Waals surface area (Å²) < 4.78 is 0. The smallest absolute Gasteiger partial charge is 1.00 e. The molecule has 0 radical (unpaired) electrons. The Hall–Kier alpha value is 3.83. The van der Waals surface area contributed by atoms with Gasteiger partial charge in [-0.1, -0.05) is 0 Å². The van der Waals surface area contributed by atoms with Crippen LogP contribution in [0.3, 0.4) is 0 Å². The van der Waals surface area contributed by atoms with E-state index in [0.29, 0.717) is 0 Å². The zero-order valence-corrected chi connectivity index (χ0v) is 17.7. The fourth-order valence-electron chi connectivity index (χ4n) is 0. The van der Waals surface area contributed by atoms with Crippen LogP contribution in [0.25, 0.3) is 0 Å². The number of rotatable bonds is 1. The number of carboxylic acid groups (broad SMARTS) is 1. The third-order valence-corrected chi connectivity index (χ3v) is 0.1000. The van der Waals surface area contributed by atoms with Crippen molar-refractivity contribution in [2.45, 2.75) is 0 Å². The van der Waals surface area contributed by atoms with Crippen LogP contribution in [0.4, 0.5) is 0 Å². The van der Waals surface area contributed by atoms with Gasteiger partial charge in [0.15, 0.2) is 0 Å². The molecular weight excluding hydrogens is 301 g/mol. The van der Waals surface area contributed by atoms with Gasteiger partial charge in [-0.05, 0) is 0 Å². The molecule has 0 bridgehead atoms. The van der Waals surface area contributed by atoms with E-state index in [1.165, 1.54) is 0 Å². The van der Waals surface area contributed by atoms with Crippen LogP contribution in [0, 0.1) is 0 Å². The molecule has 5 nitrogen and oxygen atoms in total. The summed E-state index contributed by atoms with van der Waals surface area (Å²) in [7, 11) is 1.00. The van der Waals surface area contributed by atoms with Gasteiger partial charge in [0.2, 0.25) is 0 Å². The largest absolute Gasteiger partial charge is 2.00 e. The molecule has 0 saturated carbocycles. The fourth-order valence-corrected chi connectivity index (χ4v) is 0. The molecule has 0 rings (SSSR count). The van der Waals surface area contributed by atoms with Crippen molar-refractivity contribution in [2.75, 3.05) is 20.3 Å². The van der Waals surface area contributed by atoms with E-state index in [4.69, 9.17) is 25.2 Å². The maximum atomic E-state index is 8.36. The second-order valence-corrected chi connectivity index (χ2v) is 0.553. The van der Waals surface area contributed by atoms with Gasteiger partial charge in [-0.25, -0.2) is 0 Å². The first-order valence-corrected chi connectivity index (χ1v) is 2.07. The third kappa shape index (κ3) is 149. The predicted octanol–water partition coefficient (Wildman–Crippen LogP) is -6.80. The second-order valence-electron chi connectivity index (χ2n) is 0.553. The molecule has 14 heavy (non-hydrogen) atoms. The molecule has 0 atom stereocenters. The van der Waals surface area contributed by atoms with Crippen LogP contribution in [0.2, 0.25) is 0 Å². The molecule has 0 aliphatic heterocycles. The quantitative estimate of drug-likeness (QED) is 0.285. The molecule has 0 aliphatic rings. The van der Waals surface area contributed by atoms with E-state index >= 15 is 0 Å². The molecule has 0 saturated heterocycles. The Balaban J connectivity index is -0.00000000246. The topological polar surface area (TPSA) is 98.0 Å². The summed E-state index contributed by atoms with van der Waals surface area (Å²) >= 11 is 0. The van der Waals surface area contributed by atoms with Crippen molar-refractivity contribution in [1.29, 1.82) is 0 Å². The number of halogens is 2. The average molecular weight is 319 g/mol. The van der Waals surface area contributed by atoms with E-state index in [2.05, 4.69) is 0 Å².